The molecule has 0 aliphatic heterocycles. The van der Waals surface area contributed by atoms with Gasteiger partial charge in [-0.15, -0.1) is 0 Å². The van der Waals surface area contributed by atoms with Crippen molar-refractivity contribution in [3.8, 4) is 11.8 Å². The molecular weight excluding hydrogens is 520 g/mol. The number of nitrogens with zero attached hydrogens (tertiary/aromatic N) is 4. The Morgan fingerprint density at radius 3 is 2.12 bits per heavy atom. The first-order chi connectivity index (χ1) is 14.9. The molecule has 1 aromatic heterocycles. The van der Waals surface area contributed by atoms with Crippen LogP contribution in [-0.2, 0) is 10.2 Å². The van der Waals surface area contributed by atoms with Crippen molar-refractivity contribution in [1.29, 1.82) is 5.26 Å². The third kappa shape index (κ3) is 4.16. The molecule has 0 unspecified atom stereocenters. The number of halogens is 7. The summed E-state index contributed by atoms with van der Waals surface area (Å²) in [6.45, 7) is 1.14. The summed E-state index contributed by atoms with van der Waals surface area (Å²) in [6, 6.07) is 1.55. The number of aromatic nitrogens is 2. The number of primary amides is 1. The van der Waals surface area contributed by atoms with Crippen molar-refractivity contribution in [2.75, 3.05) is 11.4 Å². The molecule has 16 heteroatoms. The highest BCUT2D eigenvalue weighted by Crippen LogP contribution is 3.02. The Morgan fingerprint density at radius 1 is 1.27 bits per heavy atom. The Kier molecular flexibility index (Phi) is 5.18. The average molecular weight is 534 g/mol. The van der Waals surface area contributed by atoms with Crippen LogP contribution in [0.4, 0.5) is 30.0 Å². The summed E-state index contributed by atoms with van der Waals surface area (Å²) in [4.78, 5) is 22.3. The van der Waals surface area contributed by atoms with Crippen molar-refractivity contribution in [3.05, 3.63) is 33.4 Å². The van der Waals surface area contributed by atoms with Gasteiger partial charge in [0.25, 0.3) is 0 Å². The first kappa shape index (κ1) is 24.9. The topological polar surface area (TPSA) is 125 Å². The fourth-order valence-corrected chi connectivity index (χ4v) is 4.88. The molecule has 0 spiro atoms. The van der Waals surface area contributed by atoms with E-state index in [9.17, 15) is 39.4 Å². The van der Waals surface area contributed by atoms with Gasteiger partial charge in [0.05, 0.1) is 15.5 Å². The van der Waals surface area contributed by atoms with Gasteiger partial charge in [-0.1, -0.05) is 42.6 Å². The minimum atomic E-state index is -10.2. The molecule has 33 heavy (non-hydrogen) atoms. The number of rotatable bonds is 6. The lowest BCUT2D eigenvalue weighted by molar-refractivity contribution is -0.120. The van der Waals surface area contributed by atoms with Gasteiger partial charge in [0.1, 0.15) is 22.5 Å². The summed E-state index contributed by atoms with van der Waals surface area (Å²) in [5.41, 5.74) is 2.79. The lowest BCUT2D eigenvalue weighted by Crippen LogP contribution is -2.35. The number of benzene rings is 1. The van der Waals surface area contributed by atoms with Crippen molar-refractivity contribution < 1.29 is 34.1 Å². The van der Waals surface area contributed by atoms with Crippen molar-refractivity contribution in [2.45, 2.75) is 30.1 Å². The summed E-state index contributed by atoms with van der Waals surface area (Å²) in [6.07, 6.45) is -1.27. The molecule has 1 aliphatic carbocycles. The van der Waals surface area contributed by atoms with Crippen LogP contribution in [0.25, 0.3) is 5.69 Å². The number of carbonyl (C=O) groups excluding carboxylic acids is 1. The van der Waals surface area contributed by atoms with E-state index in [1.54, 1.807) is 6.07 Å². The Labute approximate surface area is 193 Å². The van der Waals surface area contributed by atoms with Crippen LogP contribution in [0.5, 0.6) is 0 Å². The SMILES string of the molecule is CCN(C(=O)O)c1c(C2(C(N)=O)CC2)c(C#N)nn1-c1c(Cl)cc(S(F)(F)(F)(F)F)cc1Cl. The maximum Gasteiger partial charge on any atom is 0.413 e. The summed E-state index contributed by atoms with van der Waals surface area (Å²) in [5, 5.41) is 21.2. The summed E-state index contributed by atoms with van der Waals surface area (Å²) >= 11 is 11.8. The maximum atomic E-state index is 13.3. The monoisotopic (exact) mass is 533 g/mol. The van der Waals surface area contributed by atoms with Crippen LogP contribution >= 0.6 is 33.4 Å². The second-order valence-corrected chi connectivity index (χ2v) is 10.5. The van der Waals surface area contributed by atoms with Crippen LogP contribution in [0.3, 0.4) is 0 Å². The summed E-state index contributed by atoms with van der Waals surface area (Å²) in [5.74, 6) is -1.29. The molecule has 180 valence electrons. The number of amides is 2. The fourth-order valence-electron chi connectivity index (χ4n) is 3.42. The van der Waals surface area contributed by atoms with Crippen LogP contribution < -0.4 is 10.6 Å². The largest absolute Gasteiger partial charge is 0.465 e. The molecule has 3 N–H and O–H groups in total. The molecule has 2 aromatic rings. The predicted molar refractivity (Wildman–Crippen MR) is 111 cm³/mol. The number of hydrogen-bond acceptors (Lipinski definition) is 4. The lowest BCUT2D eigenvalue weighted by Gasteiger charge is -2.40. The van der Waals surface area contributed by atoms with E-state index in [1.807, 2.05) is 0 Å². The number of hydrogen-bond donors (Lipinski definition) is 2. The minimum absolute atomic E-state index is 0.0699. The lowest BCUT2D eigenvalue weighted by atomic mass is 9.94. The van der Waals surface area contributed by atoms with Gasteiger partial charge in [-0.05, 0) is 31.9 Å². The number of nitrogens with two attached hydrogens (primary N) is 1. The van der Waals surface area contributed by atoms with E-state index in [1.165, 1.54) is 6.92 Å². The molecule has 0 radical (unpaired) electrons. The summed E-state index contributed by atoms with van der Waals surface area (Å²) < 4.78 is 67.0. The maximum absolute atomic E-state index is 13.3. The van der Waals surface area contributed by atoms with Crippen molar-refractivity contribution in [1.82, 2.24) is 9.78 Å². The van der Waals surface area contributed by atoms with Crippen LogP contribution in [0, 0.1) is 11.3 Å². The zero-order valence-corrected chi connectivity index (χ0v) is 18.8. The zero-order chi connectivity index (χ0) is 25.2. The van der Waals surface area contributed by atoms with Gasteiger partial charge >= 0.3 is 16.3 Å². The molecule has 8 nitrogen and oxygen atoms in total. The predicted octanol–water partition coefficient (Wildman–Crippen LogP) is 5.73. The smallest absolute Gasteiger partial charge is 0.413 e. The Hall–Kier alpha value is -2.76. The second-order valence-electron chi connectivity index (χ2n) is 7.25. The van der Waals surface area contributed by atoms with E-state index in [0.29, 0.717) is 9.58 Å². The van der Waals surface area contributed by atoms with E-state index < -0.39 is 59.8 Å². The molecule has 1 saturated carbocycles. The van der Waals surface area contributed by atoms with Gasteiger partial charge in [-0.25, -0.2) is 9.48 Å². The van der Waals surface area contributed by atoms with Crippen LogP contribution in [0.1, 0.15) is 31.0 Å². The highest BCUT2D eigenvalue weighted by molar-refractivity contribution is 8.45. The zero-order valence-electron chi connectivity index (χ0n) is 16.5. The van der Waals surface area contributed by atoms with Gasteiger partial charge in [0.2, 0.25) is 5.91 Å². The Morgan fingerprint density at radius 2 is 1.79 bits per heavy atom. The number of carbonyl (C=O) groups is 2. The molecule has 1 aliphatic rings. The molecule has 0 saturated heterocycles. The molecular formula is C17H14Cl2F5N5O3S. The number of anilines is 1. The van der Waals surface area contributed by atoms with Gasteiger partial charge < -0.3 is 10.8 Å². The molecule has 0 atom stereocenters. The summed E-state index contributed by atoms with van der Waals surface area (Å²) in [7, 11) is -10.2. The second kappa shape index (κ2) is 6.87. The molecule has 3 rings (SSSR count). The molecule has 0 bridgehead atoms. The van der Waals surface area contributed by atoms with E-state index in [4.69, 9.17) is 28.9 Å². The molecule has 1 aromatic carbocycles. The first-order valence-corrected chi connectivity index (χ1v) is 11.7. The van der Waals surface area contributed by atoms with E-state index in [-0.39, 0.29) is 37.1 Å². The molecule has 2 amide bonds. The molecule has 1 heterocycles. The average Bonchev–Trinajstić information content (AvgIpc) is 3.37. The minimum Gasteiger partial charge on any atom is -0.465 e. The molecule has 1 fully saturated rings. The van der Waals surface area contributed by atoms with Crippen molar-refractivity contribution in [2.24, 2.45) is 5.73 Å². The Bertz CT molecular complexity index is 1230. The highest BCUT2D eigenvalue weighted by atomic mass is 35.5. The van der Waals surface area contributed by atoms with E-state index >= 15 is 0 Å². The van der Waals surface area contributed by atoms with Crippen molar-refractivity contribution >= 4 is 51.2 Å². The van der Waals surface area contributed by atoms with Gasteiger partial charge in [0, 0.05) is 12.1 Å². The van der Waals surface area contributed by atoms with Gasteiger partial charge in [0.15, 0.2) is 5.69 Å². The number of nitriles is 1. The van der Waals surface area contributed by atoms with Crippen molar-refractivity contribution in [3.63, 3.8) is 0 Å². The van der Waals surface area contributed by atoms with E-state index in [0.717, 1.165) is 0 Å². The van der Waals surface area contributed by atoms with Gasteiger partial charge in [-0.3, -0.25) is 9.69 Å². The quantitative estimate of drug-likeness (QED) is 0.458. The van der Waals surface area contributed by atoms with Crippen LogP contribution in [0.15, 0.2) is 17.0 Å². The number of carboxylic acid groups (broad SMARTS) is 1. The van der Waals surface area contributed by atoms with Crippen LogP contribution in [-0.4, -0.2) is 33.4 Å². The normalized spacial score (nSPS) is 16.9. The van der Waals surface area contributed by atoms with E-state index in [2.05, 4.69) is 5.10 Å². The fraction of sp³-hybridized carbons (Fsp3) is 0.294. The highest BCUT2D eigenvalue weighted by Gasteiger charge is 2.65. The first-order valence-electron chi connectivity index (χ1n) is 8.95. The Balaban J connectivity index is 2.43. The van der Waals surface area contributed by atoms with Crippen LogP contribution in [0.2, 0.25) is 10.0 Å². The third-order valence-corrected chi connectivity index (χ3v) is 6.82. The van der Waals surface area contributed by atoms with Gasteiger partial charge in [-0.2, -0.15) is 10.4 Å². The third-order valence-electron chi connectivity index (χ3n) is 5.12. The standard InChI is InChI=1S/C17H14Cl2F5N5O3S/c1-2-28(16(31)32)14-12(17(3-4-17)15(26)30)11(7-25)27-29(14)13-9(18)5-8(6-10(13)19)33(20,21,22,23)24/h5-6H,2-4H2,1H3,(H2,26,30)(H,31,32).